The first-order chi connectivity index (χ1) is 13.0. The van der Waals surface area contributed by atoms with Crippen molar-refractivity contribution >= 4 is 29.0 Å². The molecule has 142 valence electrons. The van der Waals surface area contributed by atoms with Crippen molar-refractivity contribution < 1.29 is 14.0 Å². The summed E-state index contributed by atoms with van der Waals surface area (Å²) in [5.74, 6) is -0.353. The molecule has 2 aromatic rings. The number of benzene rings is 2. The van der Waals surface area contributed by atoms with Gasteiger partial charge in [-0.1, -0.05) is 18.5 Å². The van der Waals surface area contributed by atoms with Crippen LogP contribution >= 0.6 is 11.6 Å². The Balaban J connectivity index is 1.64. The minimum Gasteiger partial charge on any atom is -0.367 e. The third kappa shape index (κ3) is 4.48. The second kappa shape index (κ2) is 8.53. The lowest BCUT2D eigenvalue weighted by atomic mass is 10.1. The number of anilines is 1. The fourth-order valence-corrected chi connectivity index (χ4v) is 3.53. The van der Waals surface area contributed by atoms with Gasteiger partial charge < -0.3 is 9.80 Å². The summed E-state index contributed by atoms with van der Waals surface area (Å²) < 4.78 is 13.0. The van der Waals surface area contributed by atoms with E-state index in [4.69, 9.17) is 11.6 Å². The molecule has 1 amide bonds. The number of halogens is 2. The van der Waals surface area contributed by atoms with Crippen LogP contribution in [-0.4, -0.2) is 42.8 Å². The predicted molar refractivity (Wildman–Crippen MR) is 105 cm³/mol. The fraction of sp³-hybridized carbons (Fsp3) is 0.333. The largest absolute Gasteiger partial charge is 0.367 e. The second-order valence-corrected chi connectivity index (χ2v) is 7.03. The first-order valence-electron chi connectivity index (χ1n) is 9.12. The molecule has 0 aliphatic carbocycles. The molecule has 0 unspecified atom stereocenters. The van der Waals surface area contributed by atoms with Gasteiger partial charge in [-0.2, -0.15) is 0 Å². The van der Waals surface area contributed by atoms with Crippen molar-refractivity contribution in [2.45, 2.75) is 19.8 Å². The van der Waals surface area contributed by atoms with Crippen LogP contribution in [0.5, 0.6) is 0 Å². The van der Waals surface area contributed by atoms with Gasteiger partial charge in [0.25, 0.3) is 5.91 Å². The monoisotopic (exact) mass is 388 g/mol. The summed E-state index contributed by atoms with van der Waals surface area (Å²) in [7, 11) is 0. The fourth-order valence-electron chi connectivity index (χ4n) is 3.23. The van der Waals surface area contributed by atoms with Crippen LogP contribution in [0.15, 0.2) is 42.5 Å². The Labute approximate surface area is 163 Å². The van der Waals surface area contributed by atoms with Gasteiger partial charge in [-0.15, -0.1) is 0 Å². The number of hydrogen-bond donors (Lipinski definition) is 0. The van der Waals surface area contributed by atoms with Crippen LogP contribution in [0.4, 0.5) is 10.1 Å². The van der Waals surface area contributed by atoms with Crippen LogP contribution in [-0.2, 0) is 0 Å². The van der Waals surface area contributed by atoms with Crippen LogP contribution in [0.1, 0.15) is 40.5 Å². The zero-order chi connectivity index (χ0) is 19.4. The van der Waals surface area contributed by atoms with Gasteiger partial charge in [0.1, 0.15) is 5.82 Å². The minimum absolute atomic E-state index is 0.0961. The smallest absolute Gasteiger partial charge is 0.253 e. The molecule has 0 atom stereocenters. The van der Waals surface area contributed by atoms with Gasteiger partial charge >= 0.3 is 0 Å². The molecule has 1 heterocycles. The van der Waals surface area contributed by atoms with Crippen molar-refractivity contribution in [1.82, 2.24) is 4.90 Å². The van der Waals surface area contributed by atoms with Crippen LogP contribution in [0.25, 0.3) is 0 Å². The molecule has 1 aliphatic heterocycles. The maximum absolute atomic E-state index is 13.0. The molecule has 0 bridgehead atoms. The van der Waals surface area contributed by atoms with Gasteiger partial charge in [0.05, 0.1) is 10.7 Å². The number of Topliss-reactive ketones (excluding diaryl/α,β-unsaturated/α-hetero) is 1. The van der Waals surface area contributed by atoms with E-state index in [0.717, 1.165) is 12.1 Å². The van der Waals surface area contributed by atoms with Crippen molar-refractivity contribution in [1.29, 1.82) is 0 Å². The van der Waals surface area contributed by atoms with Gasteiger partial charge in [0.15, 0.2) is 5.78 Å². The van der Waals surface area contributed by atoms with Crippen LogP contribution in [0.3, 0.4) is 0 Å². The lowest BCUT2D eigenvalue weighted by Crippen LogP contribution is -2.48. The van der Waals surface area contributed by atoms with Gasteiger partial charge in [-0.3, -0.25) is 9.59 Å². The lowest BCUT2D eigenvalue weighted by Gasteiger charge is -2.36. The minimum atomic E-state index is -0.355. The highest BCUT2D eigenvalue weighted by molar-refractivity contribution is 6.33. The number of hydrogen-bond acceptors (Lipinski definition) is 3. The van der Waals surface area contributed by atoms with Gasteiger partial charge in [-0.25, -0.2) is 4.39 Å². The van der Waals surface area contributed by atoms with Crippen molar-refractivity contribution in [3.05, 3.63) is 64.4 Å². The highest BCUT2D eigenvalue weighted by Crippen LogP contribution is 2.28. The van der Waals surface area contributed by atoms with Crippen molar-refractivity contribution in [2.24, 2.45) is 0 Å². The Kier molecular flexibility index (Phi) is 6.11. The molecule has 2 aromatic carbocycles. The molecule has 0 aromatic heterocycles. The first kappa shape index (κ1) is 19.4. The van der Waals surface area contributed by atoms with E-state index in [1.165, 1.54) is 24.3 Å². The maximum Gasteiger partial charge on any atom is 0.253 e. The average molecular weight is 389 g/mol. The number of carbonyl (C=O) groups excluding carboxylic acids is 2. The predicted octanol–water partition coefficient (Wildman–Crippen LogP) is 4.42. The quantitative estimate of drug-likeness (QED) is 0.712. The Morgan fingerprint density at radius 1 is 1.00 bits per heavy atom. The molecule has 4 nitrogen and oxygen atoms in total. The van der Waals surface area contributed by atoms with E-state index in [1.54, 1.807) is 11.0 Å². The third-order valence-corrected chi connectivity index (χ3v) is 5.05. The second-order valence-electron chi connectivity index (χ2n) is 6.63. The number of nitrogens with zero attached hydrogens (tertiary/aromatic N) is 2. The Hall–Kier alpha value is -2.40. The highest BCUT2D eigenvalue weighted by Gasteiger charge is 2.23. The summed E-state index contributed by atoms with van der Waals surface area (Å²) in [5, 5.41) is 0.551. The summed E-state index contributed by atoms with van der Waals surface area (Å²) in [6.45, 7) is 4.39. The zero-order valence-electron chi connectivity index (χ0n) is 15.3. The summed E-state index contributed by atoms with van der Waals surface area (Å²) >= 11 is 6.41. The normalized spacial score (nSPS) is 14.3. The molecule has 1 fully saturated rings. The molecule has 0 spiro atoms. The molecular formula is C21H22ClFN2O2. The average Bonchev–Trinajstić information content (AvgIpc) is 2.68. The third-order valence-electron chi connectivity index (χ3n) is 4.75. The van der Waals surface area contributed by atoms with Gasteiger partial charge in [0.2, 0.25) is 0 Å². The van der Waals surface area contributed by atoms with Crippen molar-refractivity contribution in [3.8, 4) is 0 Å². The molecule has 27 heavy (non-hydrogen) atoms. The number of amides is 1. The molecule has 1 saturated heterocycles. The van der Waals surface area contributed by atoms with Crippen LogP contribution < -0.4 is 4.90 Å². The number of carbonyl (C=O) groups is 2. The SMILES string of the molecule is CCCC(=O)c1ccc(N2CCN(C(=O)c3ccc(F)cc3)CC2)c(Cl)c1. The van der Waals surface area contributed by atoms with E-state index in [2.05, 4.69) is 4.90 Å². The van der Waals surface area contributed by atoms with E-state index in [-0.39, 0.29) is 17.5 Å². The lowest BCUT2D eigenvalue weighted by molar-refractivity contribution is 0.0746. The number of ketones is 1. The van der Waals surface area contributed by atoms with Crippen LogP contribution in [0.2, 0.25) is 5.02 Å². The highest BCUT2D eigenvalue weighted by atomic mass is 35.5. The Morgan fingerprint density at radius 3 is 2.22 bits per heavy atom. The maximum atomic E-state index is 13.0. The number of piperazine rings is 1. The van der Waals surface area contributed by atoms with Crippen molar-refractivity contribution in [3.63, 3.8) is 0 Å². The van der Waals surface area contributed by atoms with E-state index in [0.29, 0.717) is 48.7 Å². The van der Waals surface area contributed by atoms with Gasteiger partial charge in [0, 0.05) is 43.7 Å². The van der Waals surface area contributed by atoms with E-state index < -0.39 is 0 Å². The summed E-state index contributed by atoms with van der Waals surface area (Å²) in [4.78, 5) is 28.4. The van der Waals surface area contributed by atoms with E-state index >= 15 is 0 Å². The Morgan fingerprint density at radius 2 is 1.63 bits per heavy atom. The summed E-state index contributed by atoms with van der Waals surface area (Å²) in [6, 6.07) is 11.0. The molecule has 3 rings (SSSR count). The molecular weight excluding hydrogens is 367 g/mol. The molecule has 0 N–H and O–H groups in total. The van der Waals surface area contributed by atoms with E-state index in [9.17, 15) is 14.0 Å². The molecule has 0 radical (unpaired) electrons. The summed E-state index contributed by atoms with van der Waals surface area (Å²) in [5.41, 5.74) is 2.00. The van der Waals surface area contributed by atoms with Gasteiger partial charge in [-0.05, 0) is 48.9 Å². The summed E-state index contributed by atoms with van der Waals surface area (Å²) in [6.07, 6.45) is 1.32. The van der Waals surface area contributed by atoms with Crippen LogP contribution in [0, 0.1) is 5.82 Å². The zero-order valence-corrected chi connectivity index (χ0v) is 16.0. The van der Waals surface area contributed by atoms with Crippen molar-refractivity contribution in [2.75, 3.05) is 31.1 Å². The first-order valence-corrected chi connectivity index (χ1v) is 9.50. The topological polar surface area (TPSA) is 40.6 Å². The molecule has 1 aliphatic rings. The molecule has 0 saturated carbocycles. The van der Waals surface area contributed by atoms with E-state index in [1.807, 2.05) is 19.1 Å². The number of rotatable bonds is 5. The molecule has 6 heteroatoms. The standard InChI is InChI=1S/C21H22ClFN2O2/c1-2-3-20(26)16-6-9-19(18(22)14-16)24-10-12-25(13-11-24)21(27)15-4-7-17(23)8-5-15/h4-9,14H,2-3,10-13H2,1H3. The Bertz CT molecular complexity index is 831.